The molecule has 1 aromatic rings. The highest BCUT2D eigenvalue weighted by molar-refractivity contribution is 7.89. The minimum absolute atomic E-state index is 0.0101. The van der Waals surface area contributed by atoms with Crippen LogP contribution in [0.1, 0.15) is 13.8 Å². The first kappa shape index (κ1) is 21.1. The van der Waals surface area contributed by atoms with Crippen LogP contribution in [-0.4, -0.2) is 69.7 Å². The molecule has 140 valence electrons. The molecule has 0 radical (unpaired) electrons. The lowest BCUT2D eigenvalue weighted by molar-refractivity contribution is -0.123. The van der Waals surface area contributed by atoms with Gasteiger partial charge in [0.25, 0.3) is 0 Å². The molecule has 2 N–H and O–H groups in total. The monoisotopic (exact) mass is 370 g/mol. The fourth-order valence-corrected chi connectivity index (χ4v) is 3.01. The maximum atomic E-state index is 12.1. The topological polar surface area (TPSA) is 98.8 Å². The third-order valence-electron chi connectivity index (χ3n) is 3.17. The number of rotatable bonds is 8. The molecule has 2 amide bonds. The van der Waals surface area contributed by atoms with Gasteiger partial charge in [-0.25, -0.2) is 12.7 Å². The molecule has 0 saturated carbocycles. The lowest BCUT2D eigenvalue weighted by Gasteiger charge is -2.17. The SMILES string of the molecule is CC(C)NC(=O)CN(C)CC(=O)Nc1cccc(S(=O)(=O)N(C)C)c1. The second-order valence-corrected chi connectivity index (χ2v) is 8.41. The molecule has 0 aliphatic rings. The second kappa shape index (κ2) is 8.93. The van der Waals surface area contributed by atoms with Gasteiger partial charge in [0, 0.05) is 25.8 Å². The van der Waals surface area contributed by atoms with Crippen molar-refractivity contribution in [2.75, 3.05) is 39.5 Å². The molecule has 9 heteroatoms. The first-order valence-corrected chi connectivity index (χ1v) is 9.26. The predicted octanol–water partition coefficient (Wildman–Crippen LogP) is 0.332. The number of nitrogens with one attached hydrogen (secondary N) is 2. The first-order valence-electron chi connectivity index (χ1n) is 7.82. The largest absolute Gasteiger partial charge is 0.353 e. The molecule has 1 aromatic carbocycles. The highest BCUT2D eigenvalue weighted by atomic mass is 32.2. The van der Waals surface area contributed by atoms with E-state index in [0.717, 1.165) is 4.31 Å². The van der Waals surface area contributed by atoms with Crippen molar-refractivity contribution in [3.8, 4) is 0 Å². The van der Waals surface area contributed by atoms with Crippen molar-refractivity contribution >= 4 is 27.5 Å². The van der Waals surface area contributed by atoms with E-state index >= 15 is 0 Å². The Kier molecular flexibility index (Phi) is 7.53. The Bertz CT molecular complexity index is 717. The van der Waals surface area contributed by atoms with Gasteiger partial charge in [-0.2, -0.15) is 0 Å². The Morgan fingerprint density at radius 1 is 1.08 bits per heavy atom. The Hall–Kier alpha value is -1.97. The van der Waals surface area contributed by atoms with Gasteiger partial charge >= 0.3 is 0 Å². The third-order valence-corrected chi connectivity index (χ3v) is 4.98. The van der Waals surface area contributed by atoms with E-state index in [4.69, 9.17) is 0 Å². The number of hydrogen-bond donors (Lipinski definition) is 2. The smallest absolute Gasteiger partial charge is 0.242 e. The highest BCUT2D eigenvalue weighted by Crippen LogP contribution is 2.17. The highest BCUT2D eigenvalue weighted by Gasteiger charge is 2.18. The maximum absolute atomic E-state index is 12.1. The molecule has 0 aromatic heterocycles. The average Bonchev–Trinajstić information content (AvgIpc) is 2.45. The van der Waals surface area contributed by atoms with E-state index in [1.807, 2.05) is 13.8 Å². The molecule has 25 heavy (non-hydrogen) atoms. The van der Waals surface area contributed by atoms with Gasteiger partial charge in [0.1, 0.15) is 0 Å². The molecular formula is C16H26N4O4S. The van der Waals surface area contributed by atoms with Crippen molar-refractivity contribution in [1.29, 1.82) is 0 Å². The zero-order valence-electron chi connectivity index (χ0n) is 15.2. The Balaban J connectivity index is 2.68. The summed E-state index contributed by atoms with van der Waals surface area (Å²) < 4.78 is 25.3. The van der Waals surface area contributed by atoms with E-state index in [1.165, 1.54) is 26.2 Å². The van der Waals surface area contributed by atoms with Crippen LogP contribution in [-0.2, 0) is 19.6 Å². The fourth-order valence-electron chi connectivity index (χ4n) is 2.06. The molecule has 0 saturated heterocycles. The van der Waals surface area contributed by atoms with E-state index in [1.54, 1.807) is 24.1 Å². The molecule has 0 heterocycles. The summed E-state index contributed by atoms with van der Waals surface area (Å²) in [5, 5.41) is 5.39. The van der Waals surface area contributed by atoms with Gasteiger partial charge in [-0.05, 0) is 39.1 Å². The first-order chi connectivity index (χ1) is 11.5. The number of carbonyl (C=O) groups excluding carboxylic acids is 2. The predicted molar refractivity (Wildman–Crippen MR) is 96.7 cm³/mol. The number of amides is 2. The van der Waals surface area contributed by atoms with Gasteiger partial charge in [0.2, 0.25) is 21.8 Å². The van der Waals surface area contributed by atoms with Crippen LogP contribution in [0.15, 0.2) is 29.2 Å². The van der Waals surface area contributed by atoms with Crippen molar-refractivity contribution in [2.24, 2.45) is 0 Å². The normalized spacial score (nSPS) is 11.8. The van der Waals surface area contributed by atoms with Crippen LogP contribution in [0.2, 0.25) is 0 Å². The fraction of sp³-hybridized carbons (Fsp3) is 0.500. The summed E-state index contributed by atoms with van der Waals surface area (Å²) in [5.41, 5.74) is 0.382. The number of nitrogens with zero attached hydrogens (tertiary/aromatic N) is 2. The van der Waals surface area contributed by atoms with Crippen molar-refractivity contribution in [2.45, 2.75) is 24.8 Å². The molecule has 0 fully saturated rings. The Morgan fingerprint density at radius 3 is 2.24 bits per heavy atom. The van der Waals surface area contributed by atoms with Crippen molar-refractivity contribution < 1.29 is 18.0 Å². The van der Waals surface area contributed by atoms with E-state index < -0.39 is 10.0 Å². The molecule has 0 atom stereocenters. The third kappa shape index (κ3) is 6.81. The van der Waals surface area contributed by atoms with Crippen molar-refractivity contribution in [1.82, 2.24) is 14.5 Å². The number of anilines is 1. The zero-order chi connectivity index (χ0) is 19.2. The summed E-state index contributed by atoms with van der Waals surface area (Å²) >= 11 is 0. The van der Waals surface area contributed by atoms with Gasteiger partial charge < -0.3 is 10.6 Å². The lowest BCUT2D eigenvalue weighted by atomic mass is 10.3. The molecule has 0 aliphatic carbocycles. The summed E-state index contributed by atoms with van der Waals surface area (Å²) in [4.78, 5) is 25.4. The summed E-state index contributed by atoms with van der Waals surface area (Å²) in [6.45, 7) is 3.83. The van der Waals surface area contributed by atoms with Gasteiger partial charge in [-0.15, -0.1) is 0 Å². The van der Waals surface area contributed by atoms with Crippen LogP contribution >= 0.6 is 0 Å². The van der Waals surface area contributed by atoms with Crippen molar-refractivity contribution in [3.63, 3.8) is 0 Å². The minimum atomic E-state index is -3.57. The molecule has 0 unspecified atom stereocenters. The van der Waals surface area contributed by atoms with Crippen LogP contribution in [0.25, 0.3) is 0 Å². The Labute approximate surface area is 149 Å². The summed E-state index contributed by atoms with van der Waals surface area (Å²) in [7, 11) is 0.977. The van der Waals surface area contributed by atoms with E-state index in [-0.39, 0.29) is 35.8 Å². The van der Waals surface area contributed by atoms with Crippen LogP contribution in [0.3, 0.4) is 0 Å². The van der Waals surface area contributed by atoms with Crippen LogP contribution < -0.4 is 10.6 Å². The Morgan fingerprint density at radius 2 is 1.68 bits per heavy atom. The summed E-state index contributed by atoms with van der Waals surface area (Å²) in [6, 6.07) is 6.08. The van der Waals surface area contributed by atoms with Crippen molar-refractivity contribution in [3.05, 3.63) is 24.3 Å². The van der Waals surface area contributed by atoms with Gasteiger partial charge in [0.15, 0.2) is 0 Å². The molecule has 0 aliphatic heterocycles. The minimum Gasteiger partial charge on any atom is -0.353 e. The van der Waals surface area contributed by atoms with E-state index in [9.17, 15) is 18.0 Å². The quantitative estimate of drug-likeness (QED) is 0.687. The molecule has 8 nitrogen and oxygen atoms in total. The average molecular weight is 370 g/mol. The number of benzene rings is 1. The standard InChI is InChI=1S/C16H26N4O4S/c1-12(2)17-15(21)10-20(5)11-16(22)18-13-7-6-8-14(9-13)25(23,24)19(3)4/h6-9,12H,10-11H2,1-5H3,(H,17,21)(H,18,22). The maximum Gasteiger partial charge on any atom is 0.242 e. The summed E-state index contributed by atoms with van der Waals surface area (Å²) in [6.07, 6.45) is 0. The number of sulfonamides is 1. The lowest BCUT2D eigenvalue weighted by Crippen LogP contribution is -2.41. The molecule has 0 bridgehead atoms. The second-order valence-electron chi connectivity index (χ2n) is 6.26. The van der Waals surface area contributed by atoms with Crippen LogP contribution in [0.5, 0.6) is 0 Å². The van der Waals surface area contributed by atoms with Gasteiger partial charge in [0.05, 0.1) is 18.0 Å². The molecule has 0 spiro atoms. The number of hydrogen-bond acceptors (Lipinski definition) is 5. The summed E-state index contributed by atoms with van der Waals surface area (Å²) in [5.74, 6) is -0.497. The molecular weight excluding hydrogens is 344 g/mol. The van der Waals surface area contributed by atoms with E-state index in [0.29, 0.717) is 5.69 Å². The van der Waals surface area contributed by atoms with Gasteiger partial charge in [-0.1, -0.05) is 6.07 Å². The van der Waals surface area contributed by atoms with Gasteiger partial charge in [-0.3, -0.25) is 14.5 Å². The molecule has 1 rings (SSSR count). The number of carbonyl (C=O) groups is 2. The number of likely N-dealkylation sites (N-methyl/N-ethyl adjacent to an activating group) is 1. The van der Waals surface area contributed by atoms with Crippen LogP contribution in [0, 0.1) is 0 Å². The zero-order valence-corrected chi connectivity index (χ0v) is 16.1. The van der Waals surface area contributed by atoms with Crippen LogP contribution in [0.4, 0.5) is 5.69 Å². The van der Waals surface area contributed by atoms with E-state index in [2.05, 4.69) is 10.6 Å².